The maximum Gasteiger partial charge on any atom is 0.216 e. The molecule has 1 aromatic carbocycles. The number of H-pyrrole nitrogens is 1. The summed E-state index contributed by atoms with van der Waals surface area (Å²) in [6, 6.07) is 5.75. The number of hydrogen-bond donors (Lipinski definition) is 1. The van der Waals surface area contributed by atoms with Gasteiger partial charge >= 0.3 is 0 Å². The number of ether oxygens (including phenoxy) is 3. The summed E-state index contributed by atoms with van der Waals surface area (Å²) in [6.07, 6.45) is 4.55. The second kappa shape index (κ2) is 8.95. The van der Waals surface area contributed by atoms with Gasteiger partial charge in [0.05, 0.1) is 19.4 Å². The molecular formula is C18H24N4O3S. The molecule has 0 amide bonds. The van der Waals surface area contributed by atoms with E-state index in [1.54, 1.807) is 10.9 Å². The predicted octanol–water partition coefficient (Wildman–Crippen LogP) is 3.86. The van der Waals surface area contributed by atoms with Gasteiger partial charge in [-0.2, -0.15) is 14.9 Å². The maximum absolute atomic E-state index is 5.73. The highest BCUT2D eigenvalue weighted by Crippen LogP contribution is 2.29. The van der Waals surface area contributed by atoms with Crippen LogP contribution in [-0.4, -0.2) is 40.9 Å². The molecule has 7 nitrogen and oxygen atoms in total. The molecule has 0 spiro atoms. The molecule has 3 rings (SSSR count). The van der Waals surface area contributed by atoms with Gasteiger partial charge in [-0.3, -0.25) is 5.10 Å². The molecule has 0 aliphatic carbocycles. The van der Waals surface area contributed by atoms with Crippen molar-refractivity contribution >= 4 is 18.4 Å². The number of rotatable bonds is 8. The van der Waals surface area contributed by atoms with Gasteiger partial charge in [0.25, 0.3) is 0 Å². The molecule has 1 atom stereocenters. The zero-order valence-corrected chi connectivity index (χ0v) is 15.9. The minimum Gasteiger partial charge on any atom is -0.490 e. The van der Waals surface area contributed by atoms with Crippen LogP contribution in [0.5, 0.6) is 11.5 Å². The van der Waals surface area contributed by atoms with Crippen LogP contribution < -0.4 is 9.47 Å². The number of nitrogens with zero attached hydrogens (tertiary/aromatic N) is 3. The molecule has 0 saturated carbocycles. The summed E-state index contributed by atoms with van der Waals surface area (Å²) in [5.41, 5.74) is 0.888. The summed E-state index contributed by atoms with van der Waals surface area (Å²) in [7, 11) is 0. The molecule has 1 fully saturated rings. The van der Waals surface area contributed by atoms with E-state index in [-0.39, 0.29) is 6.10 Å². The number of aromatic nitrogens is 3. The van der Waals surface area contributed by atoms with E-state index in [9.17, 15) is 0 Å². The first-order valence-electron chi connectivity index (χ1n) is 8.95. The highest BCUT2D eigenvalue weighted by Gasteiger charge is 2.23. The molecule has 1 saturated heterocycles. The zero-order chi connectivity index (χ0) is 18.4. The number of aromatic amines is 1. The number of hydrogen-bond acceptors (Lipinski definition) is 6. The fraction of sp³-hybridized carbons (Fsp3) is 0.500. The van der Waals surface area contributed by atoms with E-state index in [0.29, 0.717) is 29.6 Å². The smallest absolute Gasteiger partial charge is 0.216 e. The lowest BCUT2D eigenvalue weighted by Gasteiger charge is -2.12. The summed E-state index contributed by atoms with van der Waals surface area (Å²) in [4.78, 5) is 0. The second-order valence-electron chi connectivity index (χ2n) is 5.93. The molecule has 1 unspecified atom stereocenters. The van der Waals surface area contributed by atoms with Crippen molar-refractivity contribution in [3.05, 3.63) is 34.4 Å². The highest BCUT2D eigenvalue weighted by atomic mass is 32.1. The van der Waals surface area contributed by atoms with Gasteiger partial charge in [-0.05, 0) is 62.2 Å². The minimum atomic E-state index is -0.0658. The van der Waals surface area contributed by atoms with Gasteiger partial charge in [0.15, 0.2) is 17.3 Å². The molecule has 1 N–H and O–H groups in total. The summed E-state index contributed by atoms with van der Waals surface area (Å²) < 4.78 is 19.2. The van der Waals surface area contributed by atoms with E-state index in [4.69, 9.17) is 26.4 Å². The van der Waals surface area contributed by atoms with E-state index in [1.165, 1.54) is 0 Å². The number of benzene rings is 1. The third kappa shape index (κ3) is 4.31. The van der Waals surface area contributed by atoms with Gasteiger partial charge in [0.2, 0.25) is 4.77 Å². The van der Waals surface area contributed by atoms with Crippen molar-refractivity contribution in [3.63, 3.8) is 0 Å². The normalized spacial score (nSPS) is 17.1. The second-order valence-corrected chi connectivity index (χ2v) is 6.32. The third-order valence-corrected chi connectivity index (χ3v) is 4.21. The third-order valence-electron chi connectivity index (χ3n) is 3.94. The Morgan fingerprint density at radius 1 is 1.38 bits per heavy atom. The standard InChI is InChI=1S/C18H24N4O3S/c1-3-9-24-14-8-7-13(11-16(14)23-4-2)12-19-22-17(20-21-18(22)26)15-6-5-10-25-15/h7-8,11-12,15H,3-6,9-10H2,1-2H3,(H,21,26)/b19-12-. The molecule has 26 heavy (non-hydrogen) atoms. The van der Waals surface area contributed by atoms with Crippen LogP contribution >= 0.6 is 12.2 Å². The topological polar surface area (TPSA) is 73.7 Å². The van der Waals surface area contributed by atoms with Crippen LogP contribution in [0.2, 0.25) is 0 Å². The van der Waals surface area contributed by atoms with Crippen LogP contribution in [0.15, 0.2) is 23.3 Å². The molecule has 140 valence electrons. The summed E-state index contributed by atoms with van der Waals surface area (Å²) >= 11 is 5.29. The van der Waals surface area contributed by atoms with E-state index in [1.807, 2.05) is 25.1 Å². The van der Waals surface area contributed by atoms with Crippen molar-refractivity contribution in [1.82, 2.24) is 14.9 Å². The van der Waals surface area contributed by atoms with E-state index in [2.05, 4.69) is 22.2 Å². The lowest BCUT2D eigenvalue weighted by atomic mass is 10.2. The molecule has 2 aromatic rings. The van der Waals surface area contributed by atoms with Crippen molar-refractivity contribution in [2.45, 2.75) is 39.2 Å². The molecule has 1 aliphatic rings. The van der Waals surface area contributed by atoms with E-state index < -0.39 is 0 Å². The van der Waals surface area contributed by atoms with Gasteiger partial charge in [-0.25, -0.2) is 0 Å². The van der Waals surface area contributed by atoms with Crippen molar-refractivity contribution in [1.29, 1.82) is 0 Å². The quantitative estimate of drug-likeness (QED) is 0.559. The first-order chi connectivity index (χ1) is 12.7. The Hall–Kier alpha value is -2.19. The van der Waals surface area contributed by atoms with Crippen LogP contribution in [0.3, 0.4) is 0 Å². The lowest BCUT2D eigenvalue weighted by molar-refractivity contribution is 0.102. The van der Waals surface area contributed by atoms with Crippen LogP contribution in [-0.2, 0) is 4.74 Å². The summed E-state index contributed by atoms with van der Waals surface area (Å²) in [5, 5.41) is 11.5. The van der Waals surface area contributed by atoms with Gasteiger partial charge in [0, 0.05) is 6.61 Å². The number of nitrogens with one attached hydrogen (secondary N) is 1. The monoisotopic (exact) mass is 376 g/mol. The fourth-order valence-corrected chi connectivity index (χ4v) is 2.92. The van der Waals surface area contributed by atoms with Gasteiger partial charge < -0.3 is 14.2 Å². The molecule has 1 aromatic heterocycles. The van der Waals surface area contributed by atoms with Gasteiger partial charge in [0.1, 0.15) is 6.10 Å². The van der Waals surface area contributed by atoms with Gasteiger partial charge in [-0.1, -0.05) is 6.92 Å². The predicted molar refractivity (Wildman–Crippen MR) is 102 cm³/mol. The SMILES string of the molecule is CCCOc1ccc(/C=N\n2c(C3CCCO3)n[nH]c2=S)cc1OCC. The largest absolute Gasteiger partial charge is 0.490 e. The Morgan fingerprint density at radius 3 is 3.00 bits per heavy atom. The molecule has 2 heterocycles. The van der Waals surface area contributed by atoms with Crippen molar-refractivity contribution in [2.75, 3.05) is 19.8 Å². The average molecular weight is 376 g/mol. The molecule has 8 heteroatoms. The summed E-state index contributed by atoms with van der Waals surface area (Å²) in [5.74, 6) is 2.16. The molecule has 1 aliphatic heterocycles. The van der Waals surface area contributed by atoms with Crippen LogP contribution in [0.25, 0.3) is 0 Å². The van der Waals surface area contributed by atoms with Crippen LogP contribution in [0, 0.1) is 4.77 Å². The highest BCUT2D eigenvalue weighted by molar-refractivity contribution is 7.71. The van der Waals surface area contributed by atoms with Crippen molar-refractivity contribution in [2.24, 2.45) is 5.10 Å². The maximum atomic E-state index is 5.73. The molecular weight excluding hydrogens is 352 g/mol. The van der Waals surface area contributed by atoms with Crippen LogP contribution in [0.4, 0.5) is 0 Å². The Balaban J connectivity index is 1.83. The minimum absolute atomic E-state index is 0.0658. The van der Waals surface area contributed by atoms with Crippen molar-refractivity contribution in [3.8, 4) is 11.5 Å². The van der Waals surface area contributed by atoms with Gasteiger partial charge in [-0.15, -0.1) is 0 Å². The van der Waals surface area contributed by atoms with E-state index in [0.717, 1.165) is 37.2 Å². The first kappa shape index (κ1) is 18.6. The lowest BCUT2D eigenvalue weighted by Crippen LogP contribution is -2.05. The Bertz CT molecular complexity index is 809. The molecule has 0 radical (unpaired) electrons. The first-order valence-corrected chi connectivity index (χ1v) is 9.36. The van der Waals surface area contributed by atoms with Crippen molar-refractivity contribution < 1.29 is 14.2 Å². The Morgan fingerprint density at radius 2 is 2.27 bits per heavy atom. The average Bonchev–Trinajstić information content (AvgIpc) is 3.29. The van der Waals surface area contributed by atoms with Crippen LogP contribution in [0.1, 0.15) is 50.6 Å². The Kier molecular flexibility index (Phi) is 6.40. The fourth-order valence-electron chi connectivity index (χ4n) is 2.73. The van der Waals surface area contributed by atoms with E-state index >= 15 is 0 Å². The zero-order valence-electron chi connectivity index (χ0n) is 15.1. The molecule has 0 bridgehead atoms. The Labute approximate surface area is 158 Å². The summed E-state index contributed by atoms with van der Waals surface area (Å²) in [6.45, 7) is 5.98.